The highest BCUT2D eigenvalue weighted by atomic mass is 28.3. The number of hydrogen-bond donors (Lipinski definition) is 0. The van der Waals surface area contributed by atoms with Gasteiger partial charge in [-0.2, -0.15) is 0 Å². The molecule has 0 bridgehead atoms. The van der Waals surface area contributed by atoms with Gasteiger partial charge in [-0.05, 0) is 12.5 Å². The van der Waals surface area contributed by atoms with Gasteiger partial charge < -0.3 is 0 Å². The molecule has 0 aromatic rings. The van der Waals surface area contributed by atoms with Crippen LogP contribution in [0.4, 0.5) is 0 Å². The lowest BCUT2D eigenvalue weighted by Crippen LogP contribution is -2.21. The van der Waals surface area contributed by atoms with Gasteiger partial charge in [0.25, 0.3) is 0 Å². The Hall–Kier alpha value is -0.303. The summed E-state index contributed by atoms with van der Waals surface area (Å²) < 4.78 is 0. The largest absolute Gasteiger partial charge is 0.0809 e. The Morgan fingerprint density at radius 3 is 2.33 bits per heavy atom. The van der Waals surface area contributed by atoms with E-state index in [1.165, 1.54) is 0 Å². The van der Waals surface area contributed by atoms with Crippen molar-refractivity contribution < 1.29 is 0 Å². The lowest BCUT2D eigenvalue weighted by molar-refractivity contribution is 1.39. The monoisotopic (exact) mass is 137 g/mol. The highest BCUT2D eigenvalue weighted by molar-refractivity contribution is 6.83. The summed E-state index contributed by atoms with van der Waals surface area (Å²) in [5.74, 6) is 0. The first-order valence-electron chi connectivity index (χ1n) is 3.38. The van der Waals surface area contributed by atoms with Crippen molar-refractivity contribution in [3.8, 4) is 0 Å². The van der Waals surface area contributed by atoms with Crippen LogP contribution in [0, 0.1) is 6.08 Å². The van der Waals surface area contributed by atoms with Crippen LogP contribution in [0.3, 0.4) is 0 Å². The zero-order valence-electron chi connectivity index (χ0n) is 6.36. The molecule has 0 amide bonds. The molecule has 1 radical (unpaired) electrons. The van der Waals surface area contributed by atoms with Crippen LogP contribution in [0.25, 0.3) is 0 Å². The van der Waals surface area contributed by atoms with E-state index in [2.05, 4.69) is 37.9 Å². The van der Waals surface area contributed by atoms with Crippen molar-refractivity contribution in [3.63, 3.8) is 0 Å². The van der Waals surface area contributed by atoms with Gasteiger partial charge in [0.05, 0.1) is 8.07 Å². The molecule has 9 heavy (non-hydrogen) atoms. The van der Waals surface area contributed by atoms with Crippen molar-refractivity contribution in [3.05, 3.63) is 23.4 Å². The van der Waals surface area contributed by atoms with Gasteiger partial charge in [0, 0.05) is 0 Å². The van der Waals surface area contributed by atoms with E-state index < -0.39 is 8.07 Å². The molecule has 0 saturated heterocycles. The molecule has 0 aromatic carbocycles. The highest BCUT2D eigenvalue weighted by Gasteiger charge is 2.17. The van der Waals surface area contributed by atoms with Gasteiger partial charge in [0.2, 0.25) is 0 Å². The molecule has 0 unspecified atom stereocenters. The summed E-state index contributed by atoms with van der Waals surface area (Å²) in [7, 11) is -0.981. The summed E-state index contributed by atoms with van der Waals surface area (Å²) in [6, 6.07) is 0. The predicted molar refractivity (Wildman–Crippen MR) is 43.9 cm³/mol. The van der Waals surface area contributed by atoms with Gasteiger partial charge in [0.15, 0.2) is 0 Å². The smallest absolute Gasteiger partial charge is 0.0772 e. The number of rotatable bonds is 1. The lowest BCUT2D eigenvalue weighted by atomic mass is 10.5. The van der Waals surface area contributed by atoms with Crippen LogP contribution in [0.2, 0.25) is 19.6 Å². The summed E-state index contributed by atoms with van der Waals surface area (Å²) >= 11 is 0. The first-order chi connectivity index (χ1) is 4.11. The number of hydrogen-bond acceptors (Lipinski definition) is 0. The zero-order valence-corrected chi connectivity index (χ0v) is 7.36. The molecule has 0 nitrogen and oxygen atoms in total. The van der Waals surface area contributed by atoms with Crippen LogP contribution >= 0.6 is 0 Å². The summed E-state index contributed by atoms with van der Waals surface area (Å²) in [5.41, 5.74) is 0. The Labute approximate surface area is 58.3 Å². The van der Waals surface area contributed by atoms with E-state index in [0.717, 1.165) is 6.42 Å². The second-order valence-corrected chi connectivity index (χ2v) is 8.54. The second-order valence-electron chi connectivity index (χ2n) is 3.46. The average Bonchev–Trinajstić information content (AvgIpc) is 2.08. The van der Waals surface area contributed by atoms with Gasteiger partial charge in [-0.15, -0.1) is 0 Å². The first-order valence-corrected chi connectivity index (χ1v) is 6.88. The van der Waals surface area contributed by atoms with Crippen LogP contribution in [0.1, 0.15) is 6.42 Å². The fourth-order valence-corrected chi connectivity index (χ4v) is 2.17. The molecular weight excluding hydrogens is 124 g/mol. The van der Waals surface area contributed by atoms with Gasteiger partial charge >= 0.3 is 0 Å². The molecule has 0 aromatic heterocycles. The van der Waals surface area contributed by atoms with Crippen molar-refractivity contribution in [2.75, 3.05) is 0 Å². The molecule has 1 heteroatoms. The lowest BCUT2D eigenvalue weighted by Gasteiger charge is -2.15. The second kappa shape index (κ2) is 2.14. The number of allylic oxidation sites excluding steroid dienone is 4. The van der Waals surface area contributed by atoms with E-state index in [1.54, 1.807) is 5.20 Å². The normalized spacial score (nSPS) is 18.3. The molecule has 1 aliphatic rings. The van der Waals surface area contributed by atoms with E-state index in [4.69, 9.17) is 0 Å². The van der Waals surface area contributed by atoms with Crippen LogP contribution < -0.4 is 0 Å². The van der Waals surface area contributed by atoms with Gasteiger partial charge in [-0.3, -0.25) is 0 Å². The Morgan fingerprint density at radius 2 is 2.11 bits per heavy atom. The minimum absolute atomic E-state index is 0.981. The third-order valence-corrected chi connectivity index (χ3v) is 3.64. The predicted octanol–water partition coefficient (Wildman–Crippen LogP) is 2.55. The summed E-state index contributed by atoms with van der Waals surface area (Å²) in [4.78, 5) is 0. The maximum absolute atomic E-state index is 3.20. The molecule has 0 saturated carbocycles. The summed E-state index contributed by atoms with van der Waals surface area (Å²) in [5, 5.41) is 1.56. The van der Waals surface area contributed by atoms with Crippen LogP contribution in [0.15, 0.2) is 17.3 Å². The van der Waals surface area contributed by atoms with E-state index >= 15 is 0 Å². The SMILES string of the molecule is C[Si](C)(C)C1=CC[C]=C1. The first kappa shape index (κ1) is 6.81. The summed E-state index contributed by atoms with van der Waals surface area (Å²) in [6.07, 6.45) is 8.69. The molecule has 0 N–H and O–H groups in total. The third-order valence-electron chi connectivity index (χ3n) is 1.56. The van der Waals surface area contributed by atoms with Crippen molar-refractivity contribution in [2.24, 2.45) is 0 Å². The van der Waals surface area contributed by atoms with Gasteiger partial charge in [0.1, 0.15) is 0 Å². The Bertz CT molecular complexity index is 158. The molecule has 0 fully saturated rings. The molecule has 49 valence electrons. The molecule has 1 aliphatic carbocycles. The molecule has 0 atom stereocenters. The van der Waals surface area contributed by atoms with Gasteiger partial charge in [-0.25, -0.2) is 0 Å². The van der Waals surface area contributed by atoms with E-state index in [1.807, 2.05) is 0 Å². The van der Waals surface area contributed by atoms with Crippen molar-refractivity contribution in [2.45, 2.75) is 26.1 Å². The Balaban J connectivity index is 2.73. The summed E-state index contributed by atoms with van der Waals surface area (Å²) in [6.45, 7) is 7.09. The zero-order chi connectivity index (χ0) is 6.91. The van der Waals surface area contributed by atoms with E-state index in [0.29, 0.717) is 0 Å². The Morgan fingerprint density at radius 1 is 1.44 bits per heavy atom. The quantitative estimate of drug-likeness (QED) is 0.487. The fraction of sp³-hybridized carbons (Fsp3) is 0.500. The van der Waals surface area contributed by atoms with Crippen molar-refractivity contribution in [1.82, 2.24) is 0 Å². The molecule has 0 aliphatic heterocycles. The maximum Gasteiger partial charge on any atom is 0.0772 e. The average molecular weight is 137 g/mol. The van der Waals surface area contributed by atoms with Crippen LogP contribution in [-0.4, -0.2) is 8.07 Å². The topological polar surface area (TPSA) is 0 Å². The van der Waals surface area contributed by atoms with Crippen LogP contribution in [-0.2, 0) is 0 Å². The molecular formula is C8H13Si. The third kappa shape index (κ3) is 1.55. The standard InChI is InChI=1S/C8H13Si/c1-9(2,3)8-6-4-5-7-8/h6-7H,4H2,1-3H3. The Kier molecular flexibility index (Phi) is 1.62. The van der Waals surface area contributed by atoms with Gasteiger partial charge in [-0.1, -0.05) is 37.0 Å². The molecule has 0 heterocycles. The molecule has 1 rings (SSSR count). The van der Waals surface area contributed by atoms with Crippen molar-refractivity contribution in [1.29, 1.82) is 0 Å². The highest BCUT2D eigenvalue weighted by Crippen LogP contribution is 2.19. The maximum atomic E-state index is 3.20. The van der Waals surface area contributed by atoms with Crippen molar-refractivity contribution >= 4 is 8.07 Å². The minimum atomic E-state index is -0.981. The van der Waals surface area contributed by atoms with E-state index in [9.17, 15) is 0 Å². The minimum Gasteiger partial charge on any atom is -0.0809 e. The molecule has 0 spiro atoms. The van der Waals surface area contributed by atoms with E-state index in [-0.39, 0.29) is 0 Å². The fourth-order valence-electron chi connectivity index (χ4n) is 0.919. The van der Waals surface area contributed by atoms with Crippen LogP contribution in [0.5, 0.6) is 0 Å².